The van der Waals surface area contributed by atoms with Gasteiger partial charge in [0.25, 0.3) is 5.91 Å². The number of nitrogens with one attached hydrogen (secondary N) is 1. The molecule has 1 aromatic heterocycles. The van der Waals surface area contributed by atoms with Crippen LogP contribution in [0.2, 0.25) is 0 Å². The number of rotatable bonds is 1. The van der Waals surface area contributed by atoms with Crippen LogP contribution in [-0.2, 0) is 0 Å². The number of hydrogen-bond acceptors (Lipinski definition) is 3. The van der Waals surface area contributed by atoms with Gasteiger partial charge in [0, 0.05) is 18.6 Å². The highest BCUT2D eigenvalue weighted by molar-refractivity contribution is 5.92. The van der Waals surface area contributed by atoms with Crippen LogP contribution in [-0.4, -0.2) is 36.0 Å². The Kier molecular flexibility index (Phi) is 2.02. The molecule has 0 aliphatic carbocycles. The molecule has 4 heteroatoms. The van der Waals surface area contributed by atoms with Crippen molar-refractivity contribution in [3.05, 3.63) is 24.2 Å². The Hall–Kier alpha value is -1.29. The van der Waals surface area contributed by atoms with Crippen molar-refractivity contribution >= 4 is 5.91 Å². The standard InChI is InChI=1S/C11H14N2O2/c14-11(10-2-1-7-15-10)13-6-4-8-9(13)3-5-12-8/h1-2,7-9,12H,3-6H2. The minimum atomic E-state index is 0.0381. The summed E-state index contributed by atoms with van der Waals surface area (Å²) in [5, 5.41) is 3.42. The van der Waals surface area contributed by atoms with E-state index in [0.717, 1.165) is 25.9 Å². The van der Waals surface area contributed by atoms with Crippen LogP contribution in [0.4, 0.5) is 0 Å². The maximum atomic E-state index is 12.1. The zero-order valence-corrected chi connectivity index (χ0v) is 8.48. The molecule has 2 saturated heterocycles. The number of carbonyl (C=O) groups excluding carboxylic acids is 1. The first-order chi connectivity index (χ1) is 7.36. The van der Waals surface area contributed by atoms with E-state index in [4.69, 9.17) is 4.42 Å². The van der Waals surface area contributed by atoms with Gasteiger partial charge in [0.2, 0.25) is 0 Å². The molecule has 1 amide bonds. The third kappa shape index (κ3) is 1.36. The molecule has 3 rings (SSSR count). The SMILES string of the molecule is O=C(c1ccco1)N1CCC2NCCC21. The van der Waals surface area contributed by atoms with Gasteiger partial charge in [-0.2, -0.15) is 0 Å². The molecule has 2 fully saturated rings. The maximum absolute atomic E-state index is 12.1. The van der Waals surface area contributed by atoms with Gasteiger partial charge >= 0.3 is 0 Å². The van der Waals surface area contributed by atoms with E-state index >= 15 is 0 Å². The van der Waals surface area contributed by atoms with E-state index in [2.05, 4.69) is 5.32 Å². The number of carbonyl (C=O) groups is 1. The third-order valence-electron chi connectivity index (χ3n) is 3.39. The van der Waals surface area contributed by atoms with E-state index in [-0.39, 0.29) is 5.91 Å². The Labute approximate surface area is 88.2 Å². The second kappa shape index (κ2) is 3.38. The second-order valence-corrected chi connectivity index (χ2v) is 4.18. The lowest BCUT2D eigenvalue weighted by Crippen LogP contribution is -2.38. The highest BCUT2D eigenvalue weighted by atomic mass is 16.3. The van der Waals surface area contributed by atoms with Crippen LogP contribution in [0.1, 0.15) is 23.4 Å². The first-order valence-corrected chi connectivity index (χ1v) is 5.44. The van der Waals surface area contributed by atoms with E-state index in [1.54, 1.807) is 18.4 Å². The van der Waals surface area contributed by atoms with Gasteiger partial charge in [0.1, 0.15) is 0 Å². The van der Waals surface area contributed by atoms with E-state index in [1.165, 1.54) is 0 Å². The summed E-state index contributed by atoms with van der Waals surface area (Å²) < 4.78 is 5.14. The molecule has 0 bridgehead atoms. The Morgan fingerprint density at radius 2 is 2.47 bits per heavy atom. The van der Waals surface area contributed by atoms with Crippen molar-refractivity contribution in [1.82, 2.24) is 10.2 Å². The first kappa shape index (κ1) is 8.97. The van der Waals surface area contributed by atoms with Crippen LogP contribution in [0, 0.1) is 0 Å². The van der Waals surface area contributed by atoms with Crippen molar-refractivity contribution < 1.29 is 9.21 Å². The lowest BCUT2D eigenvalue weighted by Gasteiger charge is -2.22. The van der Waals surface area contributed by atoms with Gasteiger partial charge in [-0.3, -0.25) is 4.79 Å². The van der Waals surface area contributed by atoms with Crippen LogP contribution >= 0.6 is 0 Å². The maximum Gasteiger partial charge on any atom is 0.289 e. The van der Waals surface area contributed by atoms with Gasteiger partial charge in [-0.15, -0.1) is 0 Å². The Balaban J connectivity index is 1.80. The number of fused-ring (bicyclic) bond motifs is 1. The molecule has 2 atom stereocenters. The molecule has 0 radical (unpaired) electrons. The summed E-state index contributed by atoms with van der Waals surface area (Å²) in [5.41, 5.74) is 0. The Bertz CT molecular complexity index is 361. The molecule has 2 aliphatic rings. The lowest BCUT2D eigenvalue weighted by atomic mass is 10.1. The van der Waals surface area contributed by atoms with Crippen molar-refractivity contribution in [2.24, 2.45) is 0 Å². The van der Waals surface area contributed by atoms with Gasteiger partial charge in [-0.05, 0) is 31.5 Å². The van der Waals surface area contributed by atoms with Crippen molar-refractivity contribution in [2.75, 3.05) is 13.1 Å². The normalized spacial score (nSPS) is 29.5. The average Bonchev–Trinajstić information content (AvgIpc) is 2.94. The van der Waals surface area contributed by atoms with Crippen molar-refractivity contribution in [3.63, 3.8) is 0 Å². The molecule has 80 valence electrons. The largest absolute Gasteiger partial charge is 0.459 e. The zero-order chi connectivity index (χ0) is 10.3. The van der Waals surface area contributed by atoms with Gasteiger partial charge in [0.05, 0.1) is 6.26 Å². The fourth-order valence-corrected chi connectivity index (χ4v) is 2.66. The van der Waals surface area contributed by atoms with Crippen molar-refractivity contribution in [1.29, 1.82) is 0 Å². The second-order valence-electron chi connectivity index (χ2n) is 4.18. The highest BCUT2D eigenvalue weighted by Crippen LogP contribution is 2.26. The first-order valence-electron chi connectivity index (χ1n) is 5.44. The lowest BCUT2D eigenvalue weighted by molar-refractivity contribution is 0.0704. The van der Waals surface area contributed by atoms with E-state index < -0.39 is 0 Å². The van der Waals surface area contributed by atoms with Crippen LogP contribution in [0.25, 0.3) is 0 Å². The highest BCUT2D eigenvalue weighted by Gasteiger charge is 2.40. The van der Waals surface area contributed by atoms with Crippen LogP contribution in [0.15, 0.2) is 22.8 Å². The predicted octanol–water partition coefficient (Wildman–Crippen LogP) is 0.856. The zero-order valence-electron chi connectivity index (χ0n) is 8.48. The smallest absolute Gasteiger partial charge is 0.289 e. The molecular weight excluding hydrogens is 192 g/mol. The molecule has 15 heavy (non-hydrogen) atoms. The fraction of sp³-hybridized carbons (Fsp3) is 0.545. The minimum Gasteiger partial charge on any atom is -0.459 e. The molecule has 0 spiro atoms. The van der Waals surface area contributed by atoms with Crippen LogP contribution in [0.5, 0.6) is 0 Å². The summed E-state index contributed by atoms with van der Waals surface area (Å²) >= 11 is 0. The Morgan fingerprint density at radius 3 is 3.27 bits per heavy atom. The molecule has 2 aliphatic heterocycles. The summed E-state index contributed by atoms with van der Waals surface area (Å²) in [6, 6.07) is 4.37. The van der Waals surface area contributed by atoms with Crippen molar-refractivity contribution in [3.8, 4) is 0 Å². The summed E-state index contributed by atoms with van der Waals surface area (Å²) in [6.07, 6.45) is 3.68. The summed E-state index contributed by atoms with van der Waals surface area (Å²) in [5.74, 6) is 0.499. The topological polar surface area (TPSA) is 45.5 Å². The number of hydrogen-bond donors (Lipinski definition) is 1. The summed E-state index contributed by atoms with van der Waals surface area (Å²) in [6.45, 7) is 1.87. The minimum absolute atomic E-state index is 0.0381. The van der Waals surface area contributed by atoms with Gasteiger partial charge < -0.3 is 14.6 Å². The molecule has 0 saturated carbocycles. The monoisotopic (exact) mass is 206 g/mol. The van der Waals surface area contributed by atoms with Crippen LogP contribution in [0.3, 0.4) is 0 Å². The van der Waals surface area contributed by atoms with E-state index in [9.17, 15) is 4.79 Å². The number of likely N-dealkylation sites (tertiary alicyclic amines) is 1. The summed E-state index contributed by atoms with van der Waals surface area (Å²) in [7, 11) is 0. The summed E-state index contributed by atoms with van der Waals surface area (Å²) in [4.78, 5) is 14.0. The van der Waals surface area contributed by atoms with Gasteiger partial charge in [0.15, 0.2) is 5.76 Å². The number of furan rings is 1. The molecule has 2 unspecified atom stereocenters. The molecule has 1 aromatic rings. The fourth-order valence-electron chi connectivity index (χ4n) is 2.66. The Morgan fingerprint density at radius 1 is 1.53 bits per heavy atom. The average molecular weight is 206 g/mol. The van der Waals surface area contributed by atoms with Gasteiger partial charge in [-0.25, -0.2) is 0 Å². The number of nitrogens with zero attached hydrogens (tertiary/aromatic N) is 1. The van der Waals surface area contributed by atoms with Crippen molar-refractivity contribution in [2.45, 2.75) is 24.9 Å². The number of amides is 1. The van der Waals surface area contributed by atoms with Crippen LogP contribution < -0.4 is 5.32 Å². The molecule has 1 N–H and O–H groups in total. The molecular formula is C11H14N2O2. The predicted molar refractivity (Wildman–Crippen MR) is 54.6 cm³/mol. The van der Waals surface area contributed by atoms with E-state index in [1.807, 2.05) is 4.90 Å². The van der Waals surface area contributed by atoms with Gasteiger partial charge in [-0.1, -0.05) is 0 Å². The van der Waals surface area contributed by atoms with E-state index in [0.29, 0.717) is 17.8 Å². The molecule has 0 aromatic carbocycles. The third-order valence-corrected chi connectivity index (χ3v) is 3.39. The molecule has 3 heterocycles. The quantitative estimate of drug-likeness (QED) is 0.741. The molecule has 4 nitrogen and oxygen atoms in total.